The quantitative estimate of drug-likeness (QED) is 0.698. The van der Waals surface area contributed by atoms with Gasteiger partial charge in [-0.15, -0.1) is 0 Å². The largest absolute Gasteiger partial charge is 0.303 e. The van der Waals surface area contributed by atoms with Crippen LogP contribution in [0.3, 0.4) is 0 Å². The van der Waals surface area contributed by atoms with Crippen molar-refractivity contribution in [3.8, 4) is 0 Å². The molecule has 1 atom stereocenters. The summed E-state index contributed by atoms with van der Waals surface area (Å²) < 4.78 is 0. The molecule has 0 bridgehead atoms. The molecule has 1 saturated carbocycles. The van der Waals surface area contributed by atoms with E-state index in [1.165, 1.54) is 51.7 Å². The zero-order valence-corrected chi connectivity index (χ0v) is 11.7. The van der Waals surface area contributed by atoms with Crippen LogP contribution in [0, 0.1) is 16.7 Å². The standard InChI is InChI=1S/C15H29N/c1-5-10-16-11-8-15(4,9-12-16)13(2)14(3)6-7-14/h13H,5-12H2,1-4H3. The van der Waals surface area contributed by atoms with Gasteiger partial charge in [-0.25, -0.2) is 0 Å². The summed E-state index contributed by atoms with van der Waals surface area (Å²) in [5, 5.41) is 0. The summed E-state index contributed by atoms with van der Waals surface area (Å²) in [6.07, 6.45) is 7.10. The fourth-order valence-corrected chi connectivity index (χ4v) is 3.51. The molecule has 2 rings (SSSR count). The Kier molecular flexibility index (Phi) is 3.36. The van der Waals surface area contributed by atoms with Gasteiger partial charge in [0.2, 0.25) is 0 Å². The van der Waals surface area contributed by atoms with Gasteiger partial charge in [-0.2, -0.15) is 0 Å². The molecule has 0 radical (unpaired) electrons. The molecule has 0 aromatic rings. The van der Waals surface area contributed by atoms with Gasteiger partial charge in [0.05, 0.1) is 0 Å². The van der Waals surface area contributed by atoms with Crippen LogP contribution in [0.2, 0.25) is 0 Å². The second kappa shape index (κ2) is 4.33. The zero-order chi connectivity index (χ0) is 11.8. The van der Waals surface area contributed by atoms with Gasteiger partial charge in [-0.05, 0) is 68.5 Å². The third-order valence-corrected chi connectivity index (χ3v) is 5.67. The number of piperidine rings is 1. The van der Waals surface area contributed by atoms with Crippen molar-refractivity contribution in [3.63, 3.8) is 0 Å². The van der Waals surface area contributed by atoms with Gasteiger partial charge in [-0.1, -0.05) is 27.7 Å². The van der Waals surface area contributed by atoms with Crippen LogP contribution >= 0.6 is 0 Å². The van der Waals surface area contributed by atoms with Gasteiger partial charge in [0.15, 0.2) is 0 Å². The first-order valence-corrected chi connectivity index (χ1v) is 7.22. The van der Waals surface area contributed by atoms with Crippen LogP contribution in [0.4, 0.5) is 0 Å². The molecule has 2 fully saturated rings. The van der Waals surface area contributed by atoms with E-state index in [2.05, 4.69) is 32.6 Å². The monoisotopic (exact) mass is 223 g/mol. The summed E-state index contributed by atoms with van der Waals surface area (Å²) in [7, 11) is 0. The Hall–Kier alpha value is -0.0400. The van der Waals surface area contributed by atoms with E-state index in [0.29, 0.717) is 10.8 Å². The molecule has 1 saturated heterocycles. The summed E-state index contributed by atoms with van der Waals surface area (Å²) in [5.41, 5.74) is 1.32. The van der Waals surface area contributed by atoms with Gasteiger partial charge in [0.1, 0.15) is 0 Å². The molecule has 0 spiro atoms. The molecule has 0 amide bonds. The first kappa shape index (κ1) is 12.4. The minimum absolute atomic E-state index is 0.621. The van der Waals surface area contributed by atoms with Crippen LogP contribution in [-0.2, 0) is 0 Å². The second-order valence-corrected chi connectivity index (χ2v) is 6.87. The number of likely N-dealkylation sites (tertiary alicyclic amines) is 1. The zero-order valence-electron chi connectivity index (χ0n) is 11.7. The molecule has 0 aromatic heterocycles. The predicted molar refractivity (Wildman–Crippen MR) is 70.6 cm³/mol. The molecule has 1 heteroatoms. The van der Waals surface area contributed by atoms with E-state index in [0.717, 1.165) is 5.92 Å². The van der Waals surface area contributed by atoms with Gasteiger partial charge < -0.3 is 4.90 Å². The van der Waals surface area contributed by atoms with E-state index in [1.807, 2.05) is 0 Å². The first-order valence-electron chi connectivity index (χ1n) is 7.22. The van der Waals surface area contributed by atoms with Crippen molar-refractivity contribution in [2.24, 2.45) is 16.7 Å². The predicted octanol–water partition coefficient (Wildman–Crippen LogP) is 3.93. The fraction of sp³-hybridized carbons (Fsp3) is 1.00. The number of hydrogen-bond acceptors (Lipinski definition) is 1. The number of hydrogen-bond donors (Lipinski definition) is 0. The average Bonchev–Trinajstić information content (AvgIpc) is 3.01. The van der Waals surface area contributed by atoms with Crippen LogP contribution in [0.25, 0.3) is 0 Å². The molecule has 1 nitrogen and oxygen atoms in total. The lowest BCUT2D eigenvalue weighted by atomic mass is 9.65. The summed E-state index contributed by atoms with van der Waals surface area (Å²) in [4.78, 5) is 2.66. The highest BCUT2D eigenvalue weighted by atomic mass is 15.1. The van der Waals surface area contributed by atoms with Crippen molar-refractivity contribution >= 4 is 0 Å². The molecule has 1 aliphatic heterocycles. The van der Waals surface area contributed by atoms with E-state index < -0.39 is 0 Å². The Morgan fingerprint density at radius 2 is 1.50 bits per heavy atom. The topological polar surface area (TPSA) is 3.24 Å². The molecular formula is C15H29N. The lowest BCUT2D eigenvalue weighted by Gasteiger charge is -2.45. The third kappa shape index (κ3) is 2.30. The fourth-order valence-electron chi connectivity index (χ4n) is 3.51. The van der Waals surface area contributed by atoms with Gasteiger partial charge in [-0.3, -0.25) is 0 Å². The average molecular weight is 223 g/mol. The summed E-state index contributed by atoms with van der Waals surface area (Å²) in [6.45, 7) is 13.8. The Morgan fingerprint density at radius 1 is 1.00 bits per heavy atom. The third-order valence-electron chi connectivity index (χ3n) is 5.67. The van der Waals surface area contributed by atoms with E-state index in [-0.39, 0.29) is 0 Å². The van der Waals surface area contributed by atoms with E-state index in [4.69, 9.17) is 0 Å². The van der Waals surface area contributed by atoms with Crippen LogP contribution in [0.5, 0.6) is 0 Å². The highest BCUT2D eigenvalue weighted by Crippen LogP contribution is 2.59. The molecule has 16 heavy (non-hydrogen) atoms. The Balaban J connectivity index is 1.90. The molecular weight excluding hydrogens is 194 g/mol. The highest BCUT2D eigenvalue weighted by molar-refractivity contribution is 5.00. The van der Waals surface area contributed by atoms with Crippen LogP contribution in [-0.4, -0.2) is 24.5 Å². The van der Waals surface area contributed by atoms with Crippen molar-refractivity contribution < 1.29 is 0 Å². The van der Waals surface area contributed by atoms with Crippen molar-refractivity contribution in [1.29, 1.82) is 0 Å². The summed E-state index contributed by atoms with van der Waals surface area (Å²) >= 11 is 0. The Morgan fingerprint density at radius 3 is 1.94 bits per heavy atom. The van der Waals surface area contributed by atoms with Gasteiger partial charge in [0.25, 0.3) is 0 Å². The smallest absolute Gasteiger partial charge is 0.00134 e. The van der Waals surface area contributed by atoms with E-state index in [1.54, 1.807) is 0 Å². The molecule has 1 heterocycles. The maximum Gasteiger partial charge on any atom is -0.00134 e. The number of rotatable bonds is 4. The van der Waals surface area contributed by atoms with Gasteiger partial charge in [0, 0.05) is 0 Å². The molecule has 1 aliphatic carbocycles. The minimum Gasteiger partial charge on any atom is -0.303 e. The van der Waals surface area contributed by atoms with E-state index >= 15 is 0 Å². The van der Waals surface area contributed by atoms with Crippen LogP contribution in [0.1, 0.15) is 59.8 Å². The first-order chi connectivity index (χ1) is 7.50. The Bertz CT molecular complexity index is 234. The second-order valence-electron chi connectivity index (χ2n) is 6.87. The SMILES string of the molecule is CCCN1CCC(C)(C(C)C2(C)CC2)CC1. The summed E-state index contributed by atoms with van der Waals surface area (Å²) in [5.74, 6) is 0.920. The number of nitrogens with zero attached hydrogens (tertiary/aromatic N) is 1. The maximum absolute atomic E-state index is 2.66. The molecule has 0 N–H and O–H groups in total. The molecule has 0 aromatic carbocycles. The highest BCUT2D eigenvalue weighted by Gasteiger charge is 2.50. The van der Waals surface area contributed by atoms with Crippen LogP contribution in [0.15, 0.2) is 0 Å². The van der Waals surface area contributed by atoms with E-state index in [9.17, 15) is 0 Å². The lowest BCUT2D eigenvalue weighted by Crippen LogP contribution is -2.43. The lowest BCUT2D eigenvalue weighted by molar-refractivity contribution is 0.0397. The van der Waals surface area contributed by atoms with Crippen molar-refractivity contribution in [3.05, 3.63) is 0 Å². The van der Waals surface area contributed by atoms with Crippen LogP contribution < -0.4 is 0 Å². The maximum atomic E-state index is 2.66. The van der Waals surface area contributed by atoms with Gasteiger partial charge >= 0.3 is 0 Å². The van der Waals surface area contributed by atoms with Crippen molar-refractivity contribution in [1.82, 2.24) is 4.90 Å². The summed E-state index contributed by atoms with van der Waals surface area (Å²) in [6, 6.07) is 0. The normalized spacial score (nSPS) is 30.0. The molecule has 1 unspecified atom stereocenters. The van der Waals surface area contributed by atoms with Crippen molar-refractivity contribution in [2.45, 2.75) is 59.8 Å². The Labute approximate surface area is 102 Å². The minimum atomic E-state index is 0.621. The molecule has 2 aliphatic rings. The molecule has 94 valence electrons. The van der Waals surface area contributed by atoms with Crippen molar-refractivity contribution in [2.75, 3.05) is 19.6 Å².